The van der Waals surface area contributed by atoms with Gasteiger partial charge >= 0.3 is 0 Å². The van der Waals surface area contributed by atoms with Gasteiger partial charge in [-0.1, -0.05) is 5.16 Å². The van der Waals surface area contributed by atoms with Crippen molar-refractivity contribution in [3.05, 3.63) is 47.3 Å². The van der Waals surface area contributed by atoms with Crippen LogP contribution in [-0.4, -0.2) is 41.0 Å². The van der Waals surface area contributed by atoms with E-state index in [9.17, 15) is 5.11 Å². The molecule has 0 aliphatic carbocycles. The van der Waals surface area contributed by atoms with Crippen molar-refractivity contribution in [1.29, 1.82) is 5.26 Å². The lowest BCUT2D eigenvalue weighted by Crippen LogP contribution is -2.35. The van der Waals surface area contributed by atoms with Crippen LogP contribution in [0.15, 0.2) is 34.9 Å². The Bertz CT molecular complexity index is 705. The first-order valence-electron chi connectivity index (χ1n) is 8.14. The highest BCUT2D eigenvalue weighted by molar-refractivity contribution is 5.34. The van der Waals surface area contributed by atoms with E-state index in [0.717, 1.165) is 30.8 Å². The summed E-state index contributed by atoms with van der Waals surface area (Å²) >= 11 is 0. The van der Waals surface area contributed by atoms with Gasteiger partial charge in [0.15, 0.2) is 0 Å². The molecule has 6 heteroatoms. The molecule has 6 nitrogen and oxygen atoms in total. The van der Waals surface area contributed by atoms with Crippen LogP contribution in [0.4, 0.5) is 0 Å². The van der Waals surface area contributed by atoms with E-state index in [-0.39, 0.29) is 12.6 Å². The lowest BCUT2D eigenvalue weighted by atomic mass is 10.1. The molecule has 2 aromatic rings. The Morgan fingerprint density at radius 2 is 2.25 bits per heavy atom. The smallest absolute Gasteiger partial charge is 0.133 e. The van der Waals surface area contributed by atoms with Crippen LogP contribution in [-0.2, 0) is 0 Å². The standard InChI is InChI=1S/C18H21N3O3/c1-13-9-17(20-24-13)18-3-2-8-21(18)11-15(22)12-23-16-6-4-14(10-19)5-7-16/h4-7,9,15,18,22H,2-3,8,11-12H2,1H3/t15-,18+/m0/s1. The molecule has 0 saturated carbocycles. The highest BCUT2D eigenvalue weighted by Crippen LogP contribution is 2.31. The number of hydrogen-bond donors (Lipinski definition) is 1. The molecule has 1 aromatic carbocycles. The number of nitriles is 1. The maximum absolute atomic E-state index is 10.3. The minimum absolute atomic E-state index is 0.201. The molecule has 0 radical (unpaired) electrons. The van der Waals surface area contributed by atoms with Crippen molar-refractivity contribution in [2.45, 2.75) is 31.9 Å². The molecule has 1 aliphatic rings. The topological polar surface area (TPSA) is 82.5 Å². The Kier molecular flexibility index (Phi) is 5.14. The van der Waals surface area contributed by atoms with Crippen molar-refractivity contribution in [2.24, 2.45) is 0 Å². The van der Waals surface area contributed by atoms with Gasteiger partial charge in [-0.3, -0.25) is 4.90 Å². The number of hydrogen-bond acceptors (Lipinski definition) is 6. The average molecular weight is 327 g/mol. The Morgan fingerprint density at radius 3 is 2.92 bits per heavy atom. The summed E-state index contributed by atoms with van der Waals surface area (Å²) in [6, 6.07) is 11.1. The van der Waals surface area contributed by atoms with Gasteiger partial charge in [-0.25, -0.2) is 0 Å². The number of aliphatic hydroxyl groups is 1. The summed E-state index contributed by atoms with van der Waals surface area (Å²) in [6.07, 6.45) is 1.52. The Balaban J connectivity index is 1.52. The summed E-state index contributed by atoms with van der Waals surface area (Å²) in [4.78, 5) is 2.23. The summed E-state index contributed by atoms with van der Waals surface area (Å²) in [5.74, 6) is 1.46. The Morgan fingerprint density at radius 1 is 1.46 bits per heavy atom. The lowest BCUT2D eigenvalue weighted by molar-refractivity contribution is 0.0628. The van der Waals surface area contributed by atoms with Gasteiger partial charge in [-0.15, -0.1) is 0 Å². The van der Waals surface area contributed by atoms with Crippen molar-refractivity contribution in [3.8, 4) is 11.8 Å². The molecule has 1 aromatic heterocycles. The van der Waals surface area contributed by atoms with Crippen LogP contribution in [0, 0.1) is 18.3 Å². The van der Waals surface area contributed by atoms with E-state index in [4.69, 9.17) is 14.5 Å². The minimum atomic E-state index is -0.589. The maximum Gasteiger partial charge on any atom is 0.133 e. The number of aromatic nitrogens is 1. The quantitative estimate of drug-likeness (QED) is 0.877. The van der Waals surface area contributed by atoms with Crippen molar-refractivity contribution in [2.75, 3.05) is 19.7 Å². The fourth-order valence-electron chi connectivity index (χ4n) is 3.06. The minimum Gasteiger partial charge on any atom is -0.491 e. The number of aryl methyl sites for hydroxylation is 1. The zero-order valence-electron chi connectivity index (χ0n) is 13.7. The van der Waals surface area contributed by atoms with Crippen molar-refractivity contribution in [3.63, 3.8) is 0 Å². The second kappa shape index (κ2) is 7.47. The van der Waals surface area contributed by atoms with Gasteiger partial charge in [0.2, 0.25) is 0 Å². The van der Waals surface area contributed by atoms with Crippen LogP contribution in [0.2, 0.25) is 0 Å². The van der Waals surface area contributed by atoms with Gasteiger partial charge in [0.1, 0.15) is 29.9 Å². The number of likely N-dealkylation sites (tertiary alicyclic amines) is 1. The molecular formula is C18H21N3O3. The molecule has 0 bridgehead atoms. The van der Waals surface area contributed by atoms with Gasteiger partial charge in [0.25, 0.3) is 0 Å². The first-order chi connectivity index (χ1) is 11.7. The number of rotatable bonds is 6. The van der Waals surface area contributed by atoms with E-state index in [0.29, 0.717) is 17.9 Å². The third-order valence-corrected chi connectivity index (χ3v) is 4.22. The van der Waals surface area contributed by atoms with Gasteiger partial charge in [0, 0.05) is 12.6 Å². The maximum atomic E-state index is 10.3. The third-order valence-electron chi connectivity index (χ3n) is 4.22. The number of ether oxygens (including phenoxy) is 1. The van der Waals surface area contributed by atoms with Crippen LogP contribution in [0.5, 0.6) is 5.75 Å². The molecule has 0 unspecified atom stereocenters. The molecular weight excluding hydrogens is 306 g/mol. The molecule has 1 aliphatic heterocycles. The van der Waals surface area contributed by atoms with Crippen molar-refractivity contribution >= 4 is 0 Å². The molecule has 126 valence electrons. The van der Waals surface area contributed by atoms with Gasteiger partial charge < -0.3 is 14.4 Å². The monoisotopic (exact) mass is 327 g/mol. The second-order valence-electron chi connectivity index (χ2n) is 6.12. The highest BCUT2D eigenvalue weighted by atomic mass is 16.5. The number of benzene rings is 1. The van der Waals surface area contributed by atoms with E-state index in [1.54, 1.807) is 24.3 Å². The molecule has 1 fully saturated rings. The zero-order chi connectivity index (χ0) is 16.9. The van der Waals surface area contributed by atoms with Gasteiger partial charge in [-0.05, 0) is 50.6 Å². The van der Waals surface area contributed by atoms with E-state index in [1.165, 1.54) is 0 Å². The third kappa shape index (κ3) is 3.94. The van der Waals surface area contributed by atoms with Crippen LogP contribution in [0.25, 0.3) is 0 Å². The fourth-order valence-corrected chi connectivity index (χ4v) is 3.06. The van der Waals surface area contributed by atoms with E-state index in [1.807, 2.05) is 13.0 Å². The molecule has 0 amide bonds. The summed E-state index contributed by atoms with van der Waals surface area (Å²) in [5.41, 5.74) is 1.52. The van der Waals surface area contributed by atoms with Gasteiger partial charge in [-0.2, -0.15) is 5.26 Å². The van der Waals surface area contributed by atoms with Crippen LogP contribution >= 0.6 is 0 Å². The zero-order valence-corrected chi connectivity index (χ0v) is 13.7. The normalized spacial score (nSPS) is 19.1. The molecule has 1 N–H and O–H groups in total. The van der Waals surface area contributed by atoms with Crippen LogP contribution in [0.3, 0.4) is 0 Å². The summed E-state index contributed by atoms with van der Waals surface area (Å²) in [7, 11) is 0. The van der Waals surface area contributed by atoms with E-state index < -0.39 is 6.10 Å². The Labute approximate surface area is 141 Å². The first kappa shape index (κ1) is 16.5. The summed E-state index contributed by atoms with van der Waals surface area (Å²) < 4.78 is 10.8. The van der Waals surface area contributed by atoms with Crippen LogP contribution < -0.4 is 4.74 Å². The number of nitrogens with zero attached hydrogens (tertiary/aromatic N) is 3. The molecule has 3 rings (SSSR count). The predicted molar refractivity (Wildman–Crippen MR) is 87.4 cm³/mol. The molecule has 1 saturated heterocycles. The summed E-state index contributed by atoms with van der Waals surface area (Å²) in [6.45, 7) is 3.57. The van der Waals surface area contributed by atoms with Crippen molar-refractivity contribution in [1.82, 2.24) is 10.1 Å². The predicted octanol–water partition coefficient (Wildman–Crippen LogP) is 2.43. The first-order valence-corrected chi connectivity index (χ1v) is 8.14. The Hall–Kier alpha value is -2.36. The van der Waals surface area contributed by atoms with Crippen molar-refractivity contribution < 1.29 is 14.4 Å². The number of aliphatic hydroxyl groups excluding tert-OH is 1. The highest BCUT2D eigenvalue weighted by Gasteiger charge is 2.29. The van der Waals surface area contributed by atoms with E-state index >= 15 is 0 Å². The van der Waals surface area contributed by atoms with Gasteiger partial charge in [0.05, 0.1) is 17.7 Å². The molecule has 24 heavy (non-hydrogen) atoms. The molecule has 2 atom stereocenters. The SMILES string of the molecule is Cc1cc([C@H]2CCCN2C[C@H](O)COc2ccc(C#N)cc2)no1. The largest absolute Gasteiger partial charge is 0.491 e. The average Bonchev–Trinajstić information content (AvgIpc) is 3.22. The summed E-state index contributed by atoms with van der Waals surface area (Å²) in [5, 5.41) is 23.2. The molecule has 2 heterocycles. The molecule has 0 spiro atoms. The van der Waals surface area contributed by atoms with E-state index in [2.05, 4.69) is 16.1 Å². The van der Waals surface area contributed by atoms with Crippen LogP contribution in [0.1, 0.15) is 35.9 Å². The number of β-amino-alcohol motifs (C(OH)–C–C–N with tert-alkyl or cyclic N) is 1. The lowest BCUT2D eigenvalue weighted by Gasteiger charge is -2.25. The second-order valence-corrected chi connectivity index (χ2v) is 6.12. The fraction of sp³-hybridized carbons (Fsp3) is 0.444.